The van der Waals surface area contributed by atoms with Gasteiger partial charge in [-0.1, -0.05) is 30.3 Å². The van der Waals surface area contributed by atoms with Crippen LogP contribution in [0.5, 0.6) is 5.75 Å². The Morgan fingerprint density at radius 2 is 1.64 bits per heavy atom. The van der Waals surface area contributed by atoms with Crippen molar-refractivity contribution in [1.82, 2.24) is 14.5 Å². The fourth-order valence-electron chi connectivity index (χ4n) is 7.45. The van der Waals surface area contributed by atoms with E-state index < -0.39 is 10.0 Å². The van der Waals surface area contributed by atoms with Gasteiger partial charge in [-0.25, -0.2) is 8.42 Å². The first-order chi connectivity index (χ1) is 20.2. The van der Waals surface area contributed by atoms with Gasteiger partial charge in [0.25, 0.3) is 0 Å². The Morgan fingerprint density at radius 1 is 0.976 bits per heavy atom. The summed E-state index contributed by atoms with van der Waals surface area (Å²) in [6.07, 6.45) is 8.18. The molecule has 2 heterocycles. The maximum Gasteiger partial charge on any atom is 0.246 e. The molecule has 1 atom stereocenters. The molecule has 8 nitrogen and oxygen atoms in total. The molecule has 3 aliphatic rings. The number of hydrogen-bond acceptors (Lipinski definition) is 6. The molecule has 0 spiro atoms. The Bertz CT molecular complexity index is 1300. The summed E-state index contributed by atoms with van der Waals surface area (Å²) in [7, 11) is -2.06. The highest BCUT2D eigenvalue weighted by molar-refractivity contribution is 7.89. The highest BCUT2D eigenvalue weighted by Crippen LogP contribution is 2.44. The molecule has 1 saturated carbocycles. The van der Waals surface area contributed by atoms with Crippen LogP contribution in [0.15, 0.2) is 47.4 Å². The molecule has 5 rings (SSSR count). The Hall–Kier alpha value is -2.46. The van der Waals surface area contributed by atoms with Crippen LogP contribution >= 0.6 is 0 Å². The van der Waals surface area contributed by atoms with Crippen molar-refractivity contribution in [2.24, 2.45) is 5.92 Å². The lowest BCUT2D eigenvalue weighted by Crippen LogP contribution is -2.50. The number of carbonyl (C=O) groups is 1. The average molecular weight is 598 g/mol. The first-order valence-electron chi connectivity index (χ1n) is 15.6. The molecule has 2 aromatic rings. The zero-order valence-electron chi connectivity index (χ0n) is 25.4. The van der Waals surface area contributed by atoms with Crippen LogP contribution < -0.4 is 10.1 Å². The summed E-state index contributed by atoms with van der Waals surface area (Å²) in [5.41, 5.74) is 2.85. The third-order valence-corrected chi connectivity index (χ3v) is 11.7. The fraction of sp³-hybridized carbons (Fsp3) is 0.606. The molecule has 42 heavy (non-hydrogen) atoms. The predicted molar refractivity (Wildman–Crippen MR) is 164 cm³/mol. The molecule has 1 amide bonds. The van der Waals surface area contributed by atoms with Crippen molar-refractivity contribution in [2.75, 3.05) is 46.5 Å². The fourth-order valence-corrected chi connectivity index (χ4v) is 9.42. The van der Waals surface area contributed by atoms with Crippen molar-refractivity contribution in [3.63, 3.8) is 0 Å². The van der Waals surface area contributed by atoms with E-state index in [0.717, 1.165) is 51.6 Å². The highest BCUT2D eigenvalue weighted by Gasteiger charge is 2.42. The van der Waals surface area contributed by atoms with Crippen LogP contribution in [0.1, 0.15) is 68.1 Å². The molecule has 1 N–H and O–H groups in total. The number of hydrogen-bond donors (Lipinski definition) is 1. The average Bonchev–Trinajstić information content (AvgIpc) is 3.54. The van der Waals surface area contributed by atoms with Crippen LogP contribution in [0.3, 0.4) is 0 Å². The summed E-state index contributed by atoms with van der Waals surface area (Å²) >= 11 is 0. The lowest BCUT2D eigenvalue weighted by Gasteiger charge is -2.47. The van der Waals surface area contributed by atoms with Crippen LogP contribution in [0, 0.1) is 19.8 Å². The SMILES string of the molecule is COc1cc(C)c(S(=O)(=O)N2CCCC(COCC(=O)NC3CCC(c4ccccc4)(N4CCCC4)CC3)C2)c(C)c1. The van der Waals surface area contributed by atoms with Crippen molar-refractivity contribution in [1.29, 1.82) is 0 Å². The predicted octanol–water partition coefficient (Wildman–Crippen LogP) is 4.78. The zero-order chi connectivity index (χ0) is 29.7. The van der Waals surface area contributed by atoms with E-state index in [9.17, 15) is 13.2 Å². The lowest BCUT2D eigenvalue weighted by molar-refractivity contribution is -0.127. The van der Waals surface area contributed by atoms with Crippen molar-refractivity contribution >= 4 is 15.9 Å². The number of carbonyl (C=O) groups excluding carboxylic acids is 1. The number of nitrogens with one attached hydrogen (secondary N) is 1. The molecular formula is C33H47N3O5S. The molecule has 1 aliphatic carbocycles. The number of nitrogens with zero attached hydrogens (tertiary/aromatic N) is 2. The van der Waals surface area contributed by atoms with E-state index in [1.165, 1.54) is 18.4 Å². The maximum absolute atomic E-state index is 13.6. The van der Waals surface area contributed by atoms with Gasteiger partial charge in [0.2, 0.25) is 15.9 Å². The second-order valence-electron chi connectivity index (χ2n) is 12.4. The number of rotatable bonds is 10. The second-order valence-corrected chi connectivity index (χ2v) is 14.3. The summed E-state index contributed by atoms with van der Waals surface area (Å²) in [5.74, 6) is 0.627. The molecule has 0 bridgehead atoms. The van der Waals surface area contributed by atoms with Gasteiger partial charge < -0.3 is 14.8 Å². The van der Waals surface area contributed by atoms with Crippen LogP contribution in [0.2, 0.25) is 0 Å². The van der Waals surface area contributed by atoms with Gasteiger partial charge in [-0.05, 0) is 113 Å². The minimum absolute atomic E-state index is 0.00635. The number of aryl methyl sites for hydroxylation is 2. The van der Waals surface area contributed by atoms with Gasteiger partial charge in [-0.3, -0.25) is 9.69 Å². The van der Waals surface area contributed by atoms with Gasteiger partial charge in [0.1, 0.15) is 12.4 Å². The summed E-state index contributed by atoms with van der Waals surface area (Å²) < 4.78 is 39.9. The Balaban J connectivity index is 1.10. The van der Waals surface area contributed by atoms with E-state index in [1.807, 2.05) is 13.8 Å². The van der Waals surface area contributed by atoms with E-state index in [0.29, 0.717) is 41.5 Å². The molecule has 3 fully saturated rings. The van der Waals surface area contributed by atoms with E-state index in [1.54, 1.807) is 23.5 Å². The van der Waals surface area contributed by atoms with E-state index in [4.69, 9.17) is 9.47 Å². The second kappa shape index (κ2) is 13.5. The third kappa shape index (κ3) is 6.69. The molecule has 2 aliphatic heterocycles. The highest BCUT2D eigenvalue weighted by atomic mass is 32.2. The molecular weight excluding hydrogens is 550 g/mol. The van der Waals surface area contributed by atoms with E-state index in [2.05, 4.69) is 40.5 Å². The van der Waals surface area contributed by atoms with E-state index in [-0.39, 0.29) is 30.0 Å². The van der Waals surface area contributed by atoms with Gasteiger partial charge in [0, 0.05) is 24.7 Å². The van der Waals surface area contributed by atoms with Crippen molar-refractivity contribution in [3.8, 4) is 5.75 Å². The van der Waals surface area contributed by atoms with Gasteiger partial charge in [-0.15, -0.1) is 0 Å². The number of amides is 1. The van der Waals surface area contributed by atoms with Crippen LogP contribution in [-0.4, -0.2) is 76.1 Å². The number of likely N-dealkylation sites (tertiary alicyclic amines) is 1. The number of methoxy groups -OCH3 is 1. The van der Waals surface area contributed by atoms with Gasteiger partial charge >= 0.3 is 0 Å². The van der Waals surface area contributed by atoms with Gasteiger partial charge in [0.05, 0.1) is 18.6 Å². The molecule has 0 aromatic heterocycles. The lowest BCUT2D eigenvalue weighted by atomic mass is 9.73. The van der Waals surface area contributed by atoms with E-state index >= 15 is 0 Å². The summed E-state index contributed by atoms with van der Waals surface area (Å²) in [5, 5.41) is 3.21. The van der Waals surface area contributed by atoms with Crippen molar-refractivity contribution in [3.05, 3.63) is 59.2 Å². The molecule has 9 heteroatoms. The monoisotopic (exact) mass is 597 g/mol. The first kappa shape index (κ1) is 31.0. The number of ether oxygens (including phenoxy) is 2. The summed E-state index contributed by atoms with van der Waals surface area (Å²) in [6.45, 7) is 7.20. The van der Waals surface area contributed by atoms with Crippen LogP contribution in [-0.2, 0) is 25.1 Å². The number of piperidine rings is 1. The smallest absolute Gasteiger partial charge is 0.246 e. The normalized spacial score (nSPS) is 25.8. The first-order valence-corrected chi connectivity index (χ1v) is 17.0. The standard InChI is InChI=1S/C33H47N3O5S/c1-25-20-30(40-3)21-26(2)32(25)42(38,39)36-19-9-10-27(22-36)23-41-24-31(37)34-29-13-15-33(16-14-29,35-17-7-8-18-35)28-11-5-4-6-12-28/h4-6,11-12,20-21,27,29H,7-10,13-19,22-24H2,1-3H3,(H,34,37). The molecule has 2 saturated heterocycles. The van der Waals surface area contributed by atoms with Crippen molar-refractivity contribution < 1.29 is 22.7 Å². The minimum atomic E-state index is -3.64. The van der Waals surface area contributed by atoms with Crippen LogP contribution in [0.25, 0.3) is 0 Å². The quantitative estimate of drug-likeness (QED) is 0.424. The zero-order valence-corrected chi connectivity index (χ0v) is 26.3. The Kier molecular flexibility index (Phi) is 9.92. The number of sulfonamides is 1. The summed E-state index contributed by atoms with van der Waals surface area (Å²) in [6, 6.07) is 14.6. The third-order valence-electron chi connectivity index (χ3n) is 9.54. The number of benzene rings is 2. The Labute approximate surface area is 251 Å². The largest absolute Gasteiger partial charge is 0.497 e. The molecule has 1 unspecified atom stereocenters. The van der Waals surface area contributed by atoms with Crippen LogP contribution in [0.4, 0.5) is 0 Å². The van der Waals surface area contributed by atoms with Crippen molar-refractivity contribution in [2.45, 2.75) is 81.7 Å². The minimum Gasteiger partial charge on any atom is -0.497 e. The summed E-state index contributed by atoms with van der Waals surface area (Å²) in [4.78, 5) is 15.8. The molecule has 230 valence electrons. The molecule has 2 aromatic carbocycles. The van der Waals surface area contributed by atoms with Gasteiger partial charge in [0.15, 0.2) is 0 Å². The Morgan fingerprint density at radius 3 is 2.29 bits per heavy atom. The van der Waals surface area contributed by atoms with Gasteiger partial charge in [-0.2, -0.15) is 4.31 Å². The topological polar surface area (TPSA) is 88.2 Å². The maximum atomic E-state index is 13.6. The molecule has 0 radical (unpaired) electrons.